The molecule has 17 heavy (non-hydrogen) atoms. The van der Waals surface area contributed by atoms with Gasteiger partial charge >= 0.3 is 5.97 Å². The molecule has 1 aromatic carbocycles. The van der Waals surface area contributed by atoms with Crippen LogP contribution in [0.25, 0.3) is 10.9 Å². The van der Waals surface area contributed by atoms with Crippen LogP contribution < -0.4 is 5.73 Å². The van der Waals surface area contributed by atoms with Crippen molar-refractivity contribution in [2.45, 2.75) is 12.8 Å². The quantitative estimate of drug-likeness (QED) is 0.804. The molecule has 0 saturated carbocycles. The number of rotatable bonds is 4. The Morgan fingerprint density at radius 3 is 2.88 bits per heavy atom. The minimum Gasteiger partial charge on any atom is -0.477 e. The maximum Gasteiger partial charge on any atom is 0.352 e. The van der Waals surface area contributed by atoms with Crippen LogP contribution in [0.4, 0.5) is 0 Å². The highest BCUT2D eigenvalue weighted by molar-refractivity contribution is 9.10. The molecule has 0 aliphatic rings. The molecule has 2 rings (SSSR count). The molecule has 0 fully saturated rings. The Balaban J connectivity index is 2.60. The van der Waals surface area contributed by atoms with Crippen LogP contribution in [0, 0.1) is 0 Å². The standard InChI is InChI=1S/C12H13BrN2O2/c13-7-3-4-10-9(6-7)8(2-1-5-14)11(15-10)12(16)17/h3-4,6,15H,1-2,5,14H2,(H,16,17)/p+1. The van der Waals surface area contributed by atoms with Gasteiger partial charge in [-0.15, -0.1) is 0 Å². The maximum atomic E-state index is 11.2. The molecule has 0 saturated heterocycles. The van der Waals surface area contributed by atoms with E-state index in [1.165, 1.54) is 0 Å². The van der Waals surface area contributed by atoms with Crippen LogP contribution in [-0.4, -0.2) is 22.6 Å². The first kappa shape index (κ1) is 12.1. The number of fused-ring (bicyclic) bond motifs is 1. The molecular weight excluding hydrogens is 284 g/mol. The smallest absolute Gasteiger partial charge is 0.352 e. The van der Waals surface area contributed by atoms with Crippen molar-refractivity contribution in [3.05, 3.63) is 33.9 Å². The minimum atomic E-state index is -0.906. The lowest BCUT2D eigenvalue weighted by Crippen LogP contribution is -2.50. The topological polar surface area (TPSA) is 80.7 Å². The Kier molecular flexibility index (Phi) is 3.49. The van der Waals surface area contributed by atoms with Crippen LogP contribution in [0.3, 0.4) is 0 Å². The Morgan fingerprint density at radius 2 is 2.24 bits per heavy atom. The number of aromatic carboxylic acids is 1. The van der Waals surface area contributed by atoms with Crippen molar-refractivity contribution < 1.29 is 15.6 Å². The summed E-state index contributed by atoms with van der Waals surface area (Å²) in [6.07, 6.45) is 1.63. The molecule has 0 radical (unpaired) electrons. The maximum absolute atomic E-state index is 11.2. The van der Waals surface area contributed by atoms with Crippen LogP contribution in [0.1, 0.15) is 22.5 Å². The second kappa shape index (κ2) is 4.89. The van der Waals surface area contributed by atoms with Gasteiger partial charge in [-0.25, -0.2) is 4.79 Å². The number of carbonyl (C=O) groups is 1. The molecule has 5 heteroatoms. The van der Waals surface area contributed by atoms with E-state index >= 15 is 0 Å². The van der Waals surface area contributed by atoms with E-state index in [-0.39, 0.29) is 0 Å². The molecule has 0 unspecified atom stereocenters. The zero-order valence-electron chi connectivity index (χ0n) is 9.29. The van der Waals surface area contributed by atoms with E-state index in [0.717, 1.165) is 40.3 Å². The molecule has 2 aromatic rings. The molecule has 1 aromatic heterocycles. The first-order valence-corrected chi connectivity index (χ1v) is 6.25. The Labute approximate surface area is 107 Å². The van der Waals surface area contributed by atoms with Crippen molar-refractivity contribution in [3.8, 4) is 0 Å². The molecule has 0 aliphatic heterocycles. The number of nitrogens with one attached hydrogen (secondary N) is 1. The Bertz CT molecular complexity index is 563. The van der Waals surface area contributed by atoms with Crippen LogP contribution in [0.2, 0.25) is 0 Å². The number of halogens is 1. The number of hydrogen-bond acceptors (Lipinski definition) is 1. The second-order valence-corrected chi connectivity index (χ2v) is 4.85. The van der Waals surface area contributed by atoms with Gasteiger partial charge in [-0.2, -0.15) is 0 Å². The van der Waals surface area contributed by atoms with Crippen LogP contribution in [0.15, 0.2) is 22.7 Å². The molecule has 0 aliphatic carbocycles. The third kappa shape index (κ3) is 2.35. The predicted molar refractivity (Wildman–Crippen MR) is 69.0 cm³/mol. The van der Waals surface area contributed by atoms with Gasteiger partial charge < -0.3 is 15.8 Å². The van der Waals surface area contributed by atoms with E-state index in [4.69, 9.17) is 0 Å². The number of H-pyrrole nitrogens is 1. The van der Waals surface area contributed by atoms with Crippen molar-refractivity contribution >= 4 is 32.8 Å². The number of carboxylic acid groups (broad SMARTS) is 1. The highest BCUT2D eigenvalue weighted by Gasteiger charge is 2.16. The molecule has 0 bridgehead atoms. The van der Waals surface area contributed by atoms with Gasteiger partial charge in [0.1, 0.15) is 5.69 Å². The van der Waals surface area contributed by atoms with Crippen molar-refractivity contribution in [1.29, 1.82) is 0 Å². The number of aryl methyl sites for hydroxylation is 1. The SMILES string of the molecule is [NH3+]CCCc1c(C(=O)O)[nH]c2ccc(Br)cc12. The van der Waals surface area contributed by atoms with Crippen molar-refractivity contribution in [2.75, 3.05) is 6.54 Å². The second-order valence-electron chi connectivity index (χ2n) is 3.93. The lowest BCUT2D eigenvalue weighted by Gasteiger charge is -1.99. The molecule has 0 atom stereocenters. The first-order valence-electron chi connectivity index (χ1n) is 5.46. The summed E-state index contributed by atoms with van der Waals surface area (Å²) < 4.78 is 0.955. The highest BCUT2D eigenvalue weighted by Crippen LogP contribution is 2.26. The summed E-state index contributed by atoms with van der Waals surface area (Å²) in [7, 11) is 0. The fourth-order valence-electron chi connectivity index (χ4n) is 1.96. The van der Waals surface area contributed by atoms with E-state index in [1.54, 1.807) is 0 Å². The van der Waals surface area contributed by atoms with E-state index in [2.05, 4.69) is 26.6 Å². The van der Waals surface area contributed by atoms with Gasteiger partial charge in [0.05, 0.1) is 6.54 Å². The third-order valence-corrected chi connectivity index (χ3v) is 3.25. The molecule has 1 heterocycles. The van der Waals surface area contributed by atoms with Gasteiger partial charge in [0.2, 0.25) is 0 Å². The summed E-state index contributed by atoms with van der Waals surface area (Å²) >= 11 is 3.41. The number of quaternary nitrogens is 1. The van der Waals surface area contributed by atoms with Gasteiger partial charge in [0.25, 0.3) is 0 Å². The number of benzene rings is 1. The monoisotopic (exact) mass is 297 g/mol. The molecule has 5 N–H and O–H groups in total. The van der Waals surface area contributed by atoms with Crippen LogP contribution in [0.5, 0.6) is 0 Å². The Hall–Kier alpha value is -1.33. The summed E-state index contributed by atoms with van der Waals surface area (Å²) in [6.45, 7) is 0.805. The highest BCUT2D eigenvalue weighted by atomic mass is 79.9. The number of carboxylic acids is 1. The number of aromatic amines is 1. The van der Waals surface area contributed by atoms with Crippen LogP contribution in [-0.2, 0) is 6.42 Å². The summed E-state index contributed by atoms with van der Waals surface area (Å²) in [5, 5.41) is 10.2. The fourth-order valence-corrected chi connectivity index (χ4v) is 2.33. The number of aromatic nitrogens is 1. The molecular formula is C12H14BrN2O2+. The molecule has 0 spiro atoms. The van der Waals surface area contributed by atoms with Crippen molar-refractivity contribution in [1.82, 2.24) is 4.98 Å². The Morgan fingerprint density at radius 1 is 1.47 bits per heavy atom. The predicted octanol–water partition coefficient (Wildman–Crippen LogP) is 1.80. The summed E-state index contributed by atoms with van der Waals surface area (Å²) in [6, 6.07) is 5.74. The van der Waals surface area contributed by atoms with E-state index in [0.29, 0.717) is 5.69 Å². The fraction of sp³-hybridized carbons (Fsp3) is 0.250. The van der Waals surface area contributed by atoms with Gasteiger partial charge in [-0.1, -0.05) is 15.9 Å². The average molecular weight is 298 g/mol. The normalized spacial score (nSPS) is 10.9. The van der Waals surface area contributed by atoms with Crippen molar-refractivity contribution in [2.24, 2.45) is 0 Å². The van der Waals surface area contributed by atoms with E-state index in [9.17, 15) is 9.90 Å². The molecule has 90 valence electrons. The summed E-state index contributed by atoms with van der Waals surface area (Å²) in [5.74, 6) is -0.906. The zero-order valence-corrected chi connectivity index (χ0v) is 10.9. The van der Waals surface area contributed by atoms with Crippen molar-refractivity contribution in [3.63, 3.8) is 0 Å². The molecule has 4 nitrogen and oxygen atoms in total. The minimum absolute atomic E-state index is 0.298. The molecule has 0 amide bonds. The van der Waals surface area contributed by atoms with Gasteiger partial charge in [0.15, 0.2) is 0 Å². The third-order valence-electron chi connectivity index (χ3n) is 2.76. The van der Waals surface area contributed by atoms with Gasteiger partial charge in [-0.05, 0) is 30.2 Å². The first-order chi connectivity index (χ1) is 8.13. The largest absolute Gasteiger partial charge is 0.477 e. The number of hydrogen-bond donors (Lipinski definition) is 3. The lowest BCUT2D eigenvalue weighted by atomic mass is 10.1. The summed E-state index contributed by atoms with van der Waals surface area (Å²) in [4.78, 5) is 14.1. The van der Waals surface area contributed by atoms with Gasteiger partial charge in [-0.3, -0.25) is 0 Å². The average Bonchev–Trinajstić information content (AvgIpc) is 2.64. The van der Waals surface area contributed by atoms with Gasteiger partial charge in [0, 0.05) is 21.8 Å². The van der Waals surface area contributed by atoms with E-state index in [1.807, 2.05) is 18.2 Å². The van der Waals surface area contributed by atoms with E-state index < -0.39 is 5.97 Å². The van der Waals surface area contributed by atoms with Crippen LogP contribution >= 0.6 is 15.9 Å². The lowest BCUT2D eigenvalue weighted by molar-refractivity contribution is -0.368. The zero-order chi connectivity index (χ0) is 12.4. The summed E-state index contributed by atoms with van der Waals surface area (Å²) in [5.41, 5.74) is 5.83.